The monoisotopic (exact) mass is 491 g/mol. The summed E-state index contributed by atoms with van der Waals surface area (Å²) in [5.41, 5.74) is 1.08. The number of guanidine groups is 1. The van der Waals surface area contributed by atoms with Gasteiger partial charge in [0.15, 0.2) is 5.96 Å². The molecule has 26 heavy (non-hydrogen) atoms. The number of thioether (sulfide) groups is 1. The highest BCUT2D eigenvalue weighted by Crippen LogP contribution is 2.18. The molecule has 0 bridgehead atoms. The first kappa shape index (κ1) is 23.3. The molecule has 1 fully saturated rings. The Morgan fingerprint density at radius 3 is 2.73 bits per heavy atom. The van der Waals surface area contributed by atoms with E-state index >= 15 is 0 Å². The molecule has 0 aromatic carbocycles. The topological polar surface area (TPSA) is 52.6 Å². The maximum Gasteiger partial charge on any atom is 0.191 e. The van der Waals surface area contributed by atoms with Crippen molar-refractivity contribution in [2.45, 2.75) is 45.6 Å². The lowest BCUT2D eigenvalue weighted by atomic mass is 10.1. The van der Waals surface area contributed by atoms with Crippen LogP contribution in [0.5, 0.6) is 0 Å². The third kappa shape index (κ3) is 8.33. The maximum absolute atomic E-state index is 4.73. The van der Waals surface area contributed by atoms with Gasteiger partial charge in [-0.05, 0) is 63.7 Å². The number of aliphatic imine (C=N–C) groups is 1. The average Bonchev–Trinajstić information content (AvgIpc) is 2.62. The zero-order valence-corrected chi connectivity index (χ0v) is 19.5. The highest BCUT2D eigenvalue weighted by molar-refractivity contribution is 14.0. The number of aryl methyl sites for hydroxylation is 1. The number of nitrogens with one attached hydrogen (secondary N) is 2. The number of halogens is 1. The number of aromatic nitrogens is 1. The molecule has 148 valence electrons. The third-order valence-electron chi connectivity index (χ3n) is 4.40. The molecule has 1 aliphatic heterocycles. The Balaban J connectivity index is 0.00000338. The molecule has 0 atom stereocenters. The Labute approximate surface area is 180 Å². The smallest absolute Gasteiger partial charge is 0.191 e. The Bertz CT molecular complexity index is 532. The fourth-order valence-electron chi connectivity index (χ4n) is 3.02. The quantitative estimate of drug-likeness (QED) is 0.252. The largest absolute Gasteiger partial charge is 0.357 e. The van der Waals surface area contributed by atoms with Crippen molar-refractivity contribution in [3.05, 3.63) is 23.9 Å². The van der Waals surface area contributed by atoms with E-state index in [9.17, 15) is 0 Å². The first-order chi connectivity index (χ1) is 12.2. The number of pyridine rings is 1. The first-order valence-electron chi connectivity index (χ1n) is 9.45. The van der Waals surface area contributed by atoms with Gasteiger partial charge in [-0.25, -0.2) is 4.98 Å². The van der Waals surface area contributed by atoms with Crippen LogP contribution in [-0.2, 0) is 0 Å². The van der Waals surface area contributed by atoms with Crippen molar-refractivity contribution in [2.75, 3.05) is 43.1 Å². The van der Waals surface area contributed by atoms with E-state index in [1.807, 2.05) is 11.8 Å². The first-order valence-corrected chi connectivity index (χ1v) is 10.8. The molecule has 0 amide bonds. The summed E-state index contributed by atoms with van der Waals surface area (Å²) in [5.74, 6) is 3.30. The van der Waals surface area contributed by atoms with Gasteiger partial charge < -0.3 is 15.5 Å². The Hall–Kier alpha value is -0.700. The standard InChI is InChI=1S/C19H33N5S.HI/c1-4-20-19(21-12-5-6-15-25-3)23-17-10-13-24(14-11-17)18-9-7-8-16(2)22-18;/h7-9,17H,4-6,10-15H2,1-3H3,(H2,20,21,23);1H. The summed E-state index contributed by atoms with van der Waals surface area (Å²) in [4.78, 5) is 11.8. The molecule has 7 heteroatoms. The fraction of sp³-hybridized carbons (Fsp3) is 0.684. The van der Waals surface area contributed by atoms with Crippen LogP contribution in [-0.4, -0.2) is 55.2 Å². The van der Waals surface area contributed by atoms with Gasteiger partial charge in [0.05, 0.1) is 0 Å². The lowest BCUT2D eigenvalue weighted by Crippen LogP contribution is -2.49. The summed E-state index contributed by atoms with van der Waals surface area (Å²) in [6.07, 6.45) is 6.80. The molecule has 0 spiro atoms. The molecule has 1 aliphatic rings. The molecule has 0 saturated carbocycles. The summed E-state index contributed by atoms with van der Waals surface area (Å²) in [5, 5.41) is 7.00. The molecular weight excluding hydrogens is 457 g/mol. The van der Waals surface area contributed by atoms with Gasteiger partial charge in [-0.15, -0.1) is 24.0 Å². The van der Waals surface area contributed by atoms with Gasteiger partial charge >= 0.3 is 0 Å². The average molecular weight is 491 g/mol. The summed E-state index contributed by atoms with van der Waals surface area (Å²) >= 11 is 1.91. The van der Waals surface area contributed by atoms with Gasteiger partial charge in [0, 0.05) is 37.9 Å². The maximum atomic E-state index is 4.73. The summed E-state index contributed by atoms with van der Waals surface area (Å²) in [6.45, 7) is 8.07. The van der Waals surface area contributed by atoms with Gasteiger partial charge in [0.25, 0.3) is 0 Å². The normalized spacial score (nSPS) is 15.5. The van der Waals surface area contributed by atoms with E-state index < -0.39 is 0 Å². The Morgan fingerprint density at radius 2 is 2.08 bits per heavy atom. The molecule has 0 aliphatic carbocycles. The lowest BCUT2D eigenvalue weighted by Gasteiger charge is -2.34. The van der Waals surface area contributed by atoms with Crippen LogP contribution in [0.4, 0.5) is 5.82 Å². The van der Waals surface area contributed by atoms with Crippen molar-refractivity contribution in [1.82, 2.24) is 15.6 Å². The van der Waals surface area contributed by atoms with Crippen molar-refractivity contribution in [3.63, 3.8) is 0 Å². The predicted octanol–water partition coefficient (Wildman–Crippen LogP) is 3.68. The number of nitrogens with zero attached hydrogens (tertiary/aromatic N) is 3. The van der Waals surface area contributed by atoms with Gasteiger partial charge in [-0.2, -0.15) is 11.8 Å². The van der Waals surface area contributed by atoms with E-state index in [1.165, 1.54) is 12.2 Å². The van der Waals surface area contributed by atoms with E-state index in [2.05, 4.69) is 58.8 Å². The second-order valence-electron chi connectivity index (χ2n) is 6.50. The van der Waals surface area contributed by atoms with E-state index in [0.29, 0.717) is 6.04 Å². The number of unbranched alkanes of at least 4 members (excludes halogenated alkanes) is 1. The number of rotatable bonds is 8. The van der Waals surface area contributed by atoms with Crippen LogP contribution in [0.1, 0.15) is 38.3 Å². The Kier molecular flexibility index (Phi) is 12.1. The second-order valence-corrected chi connectivity index (χ2v) is 7.49. The van der Waals surface area contributed by atoms with Crippen LogP contribution in [0.3, 0.4) is 0 Å². The van der Waals surface area contributed by atoms with Gasteiger partial charge in [0.2, 0.25) is 0 Å². The van der Waals surface area contributed by atoms with Gasteiger partial charge in [0.1, 0.15) is 5.82 Å². The van der Waals surface area contributed by atoms with Crippen LogP contribution >= 0.6 is 35.7 Å². The minimum absolute atomic E-state index is 0. The van der Waals surface area contributed by atoms with Crippen LogP contribution in [0.25, 0.3) is 0 Å². The predicted molar refractivity (Wildman–Crippen MR) is 126 cm³/mol. The van der Waals surface area contributed by atoms with Crippen molar-refractivity contribution >= 4 is 47.5 Å². The molecule has 0 unspecified atom stereocenters. The second kappa shape index (κ2) is 13.5. The van der Waals surface area contributed by atoms with Gasteiger partial charge in [-0.3, -0.25) is 4.99 Å². The molecule has 2 N–H and O–H groups in total. The van der Waals surface area contributed by atoms with E-state index in [0.717, 1.165) is 62.9 Å². The van der Waals surface area contributed by atoms with E-state index in [-0.39, 0.29) is 24.0 Å². The molecule has 1 aromatic heterocycles. The summed E-state index contributed by atoms with van der Waals surface area (Å²) in [7, 11) is 0. The molecule has 2 rings (SSSR count). The minimum Gasteiger partial charge on any atom is -0.357 e. The van der Waals surface area contributed by atoms with E-state index in [4.69, 9.17) is 4.99 Å². The highest BCUT2D eigenvalue weighted by atomic mass is 127. The zero-order chi connectivity index (χ0) is 17.9. The molecule has 1 aromatic rings. The number of piperidine rings is 1. The highest BCUT2D eigenvalue weighted by Gasteiger charge is 2.20. The molecule has 0 radical (unpaired) electrons. The third-order valence-corrected chi connectivity index (χ3v) is 5.10. The Morgan fingerprint density at radius 1 is 1.31 bits per heavy atom. The van der Waals surface area contributed by atoms with E-state index in [1.54, 1.807) is 0 Å². The molecule has 5 nitrogen and oxygen atoms in total. The lowest BCUT2D eigenvalue weighted by molar-refractivity contribution is 0.459. The minimum atomic E-state index is 0. The van der Waals surface area contributed by atoms with Crippen LogP contribution in [0, 0.1) is 6.92 Å². The van der Waals surface area contributed by atoms with Crippen LogP contribution < -0.4 is 15.5 Å². The van der Waals surface area contributed by atoms with Crippen molar-refractivity contribution in [1.29, 1.82) is 0 Å². The fourth-order valence-corrected chi connectivity index (χ4v) is 3.51. The number of anilines is 1. The summed E-state index contributed by atoms with van der Waals surface area (Å²) in [6, 6.07) is 6.75. The number of hydrogen-bond acceptors (Lipinski definition) is 4. The van der Waals surface area contributed by atoms with Crippen LogP contribution in [0.15, 0.2) is 23.2 Å². The van der Waals surface area contributed by atoms with Crippen molar-refractivity contribution in [3.8, 4) is 0 Å². The zero-order valence-electron chi connectivity index (χ0n) is 16.3. The molecule has 2 heterocycles. The number of hydrogen-bond donors (Lipinski definition) is 2. The van der Waals surface area contributed by atoms with Crippen LogP contribution in [0.2, 0.25) is 0 Å². The molecule has 1 saturated heterocycles. The van der Waals surface area contributed by atoms with Gasteiger partial charge in [-0.1, -0.05) is 6.07 Å². The van der Waals surface area contributed by atoms with Crippen molar-refractivity contribution < 1.29 is 0 Å². The van der Waals surface area contributed by atoms with Crippen molar-refractivity contribution in [2.24, 2.45) is 4.99 Å². The summed E-state index contributed by atoms with van der Waals surface area (Å²) < 4.78 is 0. The molecular formula is C19H34IN5S. The SMILES string of the molecule is CCNC(=NCCCCSC)NC1CCN(c2cccc(C)n2)CC1.I.